The monoisotopic (exact) mass is 188 g/mol. The van der Waals surface area contributed by atoms with Gasteiger partial charge >= 0.3 is 0 Å². The molecular weight excluding hydrogens is 180 g/mol. The van der Waals surface area contributed by atoms with E-state index in [0.29, 0.717) is 16.6 Å². The molecule has 0 atom stereocenters. The first-order chi connectivity index (χ1) is 6.70. The van der Waals surface area contributed by atoms with Crippen LogP contribution in [-0.4, -0.2) is 21.5 Å². The number of nitrogens with zero attached hydrogens (tertiary/aromatic N) is 1. The molecular formula is C10H8N2O2. The van der Waals surface area contributed by atoms with Crippen LogP contribution in [-0.2, 0) is 4.79 Å². The number of fused-ring (bicyclic) bond motifs is 1. The molecule has 70 valence electrons. The van der Waals surface area contributed by atoms with Gasteiger partial charge in [-0.25, -0.2) is 4.98 Å². The molecule has 0 bridgehead atoms. The number of aromatic nitrogens is 2. The predicted octanol–water partition coefficient (Wildman–Crippen LogP) is 1.33. The Labute approximate surface area is 80.0 Å². The molecule has 0 radical (unpaired) electrons. The maximum absolute atomic E-state index is 11.4. The van der Waals surface area contributed by atoms with E-state index in [1.165, 1.54) is 13.1 Å². The average Bonchev–Trinajstić information content (AvgIpc) is 2.60. The van der Waals surface area contributed by atoms with E-state index in [9.17, 15) is 9.59 Å². The van der Waals surface area contributed by atoms with Crippen LogP contribution in [0, 0.1) is 0 Å². The summed E-state index contributed by atoms with van der Waals surface area (Å²) in [6.45, 7) is 1.26. The van der Waals surface area contributed by atoms with E-state index in [0.717, 1.165) is 0 Å². The van der Waals surface area contributed by atoms with Crippen LogP contribution in [0.3, 0.4) is 0 Å². The molecule has 0 amide bonds. The van der Waals surface area contributed by atoms with E-state index in [1.54, 1.807) is 18.3 Å². The molecule has 0 aliphatic heterocycles. The number of hydrogen-bond donors (Lipinski definition) is 1. The number of hydrogen-bond acceptors (Lipinski definition) is 3. The van der Waals surface area contributed by atoms with Crippen LogP contribution in [0.25, 0.3) is 11.0 Å². The summed E-state index contributed by atoms with van der Waals surface area (Å²) >= 11 is 0. The zero-order valence-corrected chi connectivity index (χ0v) is 7.57. The summed E-state index contributed by atoms with van der Waals surface area (Å²) in [4.78, 5) is 29.2. The number of carbonyl (C=O) groups excluding carboxylic acids is 2. The SMILES string of the molecule is CC(=O)C(=O)c1c[nH]c2ncccc12. The summed E-state index contributed by atoms with van der Waals surface area (Å²) in [6.07, 6.45) is 3.14. The molecule has 0 aromatic carbocycles. The van der Waals surface area contributed by atoms with Crippen LogP contribution in [0.2, 0.25) is 0 Å². The molecule has 2 rings (SSSR count). The minimum absolute atomic E-state index is 0.389. The van der Waals surface area contributed by atoms with Gasteiger partial charge in [-0.05, 0) is 12.1 Å². The first kappa shape index (κ1) is 8.62. The number of nitrogens with one attached hydrogen (secondary N) is 1. The van der Waals surface area contributed by atoms with E-state index >= 15 is 0 Å². The Hall–Kier alpha value is -1.97. The van der Waals surface area contributed by atoms with Crippen molar-refractivity contribution in [2.75, 3.05) is 0 Å². The van der Waals surface area contributed by atoms with Gasteiger partial charge in [0.25, 0.3) is 0 Å². The van der Waals surface area contributed by atoms with Crippen molar-refractivity contribution in [3.05, 3.63) is 30.1 Å². The number of ketones is 2. The molecule has 1 N–H and O–H groups in total. The maximum atomic E-state index is 11.4. The molecule has 0 aliphatic rings. The Morgan fingerprint density at radius 3 is 2.93 bits per heavy atom. The zero-order valence-electron chi connectivity index (χ0n) is 7.57. The molecule has 0 fully saturated rings. The van der Waals surface area contributed by atoms with Crippen LogP contribution in [0.1, 0.15) is 17.3 Å². The smallest absolute Gasteiger partial charge is 0.230 e. The van der Waals surface area contributed by atoms with Crippen molar-refractivity contribution < 1.29 is 9.59 Å². The molecule has 14 heavy (non-hydrogen) atoms. The van der Waals surface area contributed by atoms with Gasteiger partial charge in [0.15, 0.2) is 5.78 Å². The lowest BCUT2D eigenvalue weighted by molar-refractivity contribution is -0.113. The molecule has 0 spiro atoms. The maximum Gasteiger partial charge on any atom is 0.230 e. The Balaban J connectivity index is 2.64. The van der Waals surface area contributed by atoms with Crippen molar-refractivity contribution in [3.8, 4) is 0 Å². The van der Waals surface area contributed by atoms with Crippen LogP contribution < -0.4 is 0 Å². The van der Waals surface area contributed by atoms with Crippen molar-refractivity contribution in [2.24, 2.45) is 0 Å². The lowest BCUT2D eigenvalue weighted by Gasteiger charge is -1.92. The first-order valence-corrected chi connectivity index (χ1v) is 4.17. The third kappa shape index (κ3) is 1.21. The molecule has 2 heterocycles. The van der Waals surface area contributed by atoms with Crippen molar-refractivity contribution in [1.29, 1.82) is 0 Å². The van der Waals surface area contributed by atoms with Crippen molar-refractivity contribution >= 4 is 22.6 Å². The molecule has 2 aromatic rings. The second-order valence-corrected chi connectivity index (χ2v) is 2.99. The quantitative estimate of drug-likeness (QED) is 0.571. The molecule has 0 aliphatic carbocycles. The van der Waals surface area contributed by atoms with E-state index in [1.807, 2.05) is 0 Å². The van der Waals surface area contributed by atoms with Gasteiger partial charge in [-0.1, -0.05) is 0 Å². The minimum Gasteiger partial charge on any atom is -0.345 e. The molecule has 4 heteroatoms. The number of aromatic amines is 1. The average molecular weight is 188 g/mol. The zero-order chi connectivity index (χ0) is 10.1. The molecule has 2 aromatic heterocycles. The van der Waals surface area contributed by atoms with Gasteiger partial charge in [0.2, 0.25) is 5.78 Å². The van der Waals surface area contributed by atoms with Crippen LogP contribution >= 0.6 is 0 Å². The van der Waals surface area contributed by atoms with E-state index in [2.05, 4.69) is 9.97 Å². The summed E-state index contributed by atoms with van der Waals surface area (Å²) in [5.41, 5.74) is 1.01. The summed E-state index contributed by atoms with van der Waals surface area (Å²) in [5, 5.41) is 0.688. The van der Waals surface area contributed by atoms with Crippen molar-refractivity contribution in [3.63, 3.8) is 0 Å². The fourth-order valence-electron chi connectivity index (χ4n) is 1.33. The largest absolute Gasteiger partial charge is 0.345 e. The standard InChI is InChI=1S/C10H8N2O2/c1-6(13)9(14)8-5-12-10-7(8)3-2-4-11-10/h2-5H,1H3,(H,11,12). The molecule has 4 nitrogen and oxygen atoms in total. The second-order valence-electron chi connectivity index (χ2n) is 2.99. The Morgan fingerprint density at radius 2 is 2.21 bits per heavy atom. The van der Waals surface area contributed by atoms with Crippen molar-refractivity contribution in [1.82, 2.24) is 9.97 Å². The predicted molar refractivity (Wildman–Crippen MR) is 51.1 cm³/mol. The van der Waals surface area contributed by atoms with Gasteiger partial charge in [0.1, 0.15) is 5.65 Å². The highest BCUT2D eigenvalue weighted by Gasteiger charge is 2.15. The van der Waals surface area contributed by atoms with Crippen LogP contribution in [0.15, 0.2) is 24.5 Å². The van der Waals surface area contributed by atoms with E-state index in [4.69, 9.17) is 0 Å². The van der Waals surface area contributed by atoms with Crippen LogP contribution in [0.4, 0.5) is 0 Å². The second kappa shape index (κ2) is 3.06. The van der Waals surface area contributed by atoms with Gasteiger partial charge < -0.3 is 4.98 Å². The summed E-state index contributed by atoms with van der Waals surface area (Å²) in [7, 11) is 0. The van der Waals surface area contributed by atoms with Crippen LogP contribution in [0.5, 0.6) is 0 Å². The van der Waals surface area contributed by atoms with Gasteiger partial charge in [-0.15, -0.1) is 0 Å². The fraction of sp³-hybridized carbons (Fsp3) is 0.100. The summed E-state index contributed by atoms with van der Waals surface area (Å²) in [6, 6.07) is 3.49. The molecule has 0 saturated carbocycles. The highest BCUT2D eigenvalue weighted by atomic mass is 16.2. The highest BCUT2D eigenvalue weighted by molar-refractivity contribution is 6.44. The number of carbonyl (C=O) groups is 2. The van der Waals surface area contributed by atoms with E-state index in [-0.39, 0.29) is 0 Å². The topological polar surface area (TPSA) is 62.8 Å². The Kier molecular flexibility index (Phi) is 1.89. The third-order valence-electron chi connectivity index (χ3n) is 2.02. The Morgan fingerprint density at radius 1 is 1.43 bits per heavy atom. The van der Waals surface area contributed by atoms with Gasteiger partial charge in [0, 0.05) is 24.7 Å². The molecule has 0 unspecified atom stereocenters. The molecule has 0 saturated heterocycles. The third-order valence-corrected chi connectivity index (χ3v) is 2.02. The van der Waals surface area contributed by atoms with Gasteiger partial charge in [0.05, 0.1) is 5.56 Å². The highest BCUT2D eigenvalue weighted by Crippen LogP contribution is 2.16. The number of Topliss-reactive ketones (excluding diaryl/α,β-unsaturated/α-hetero) is 2. The first-order valence-electron chi connectivity index (χ1n) is 4.17. The minimum atomic E-state index is -0.482. The fourth-order valence-corrected chi connectivity index (χ4v) is 1.33. The summed E-state index contributed by atoms with van der Waals surface area (Å²) < 4.78 is 0. The Bertz CT molecular complexity index is 514. The normalized spacial score (nSPS) is 10.4. The lowest BCUT2D eigenvalue weighted by Crippen LogP contribution is -2.08. The van der Waals surface area contributed by atoms with Gasteiger partial charge in [-0.2, -0.15) is 0 Å². The van der Waals surface area contributed by atoms with Crippen molar-refractivity contribution in [2.45, 2.75) is 6.92 Å². The lowest BCUT2D eigenvalue weighted by atomic mass is 10.1. The number of pyridine rings is 1. The number of H-pyrrole nitrogens is 1. The van der Waals surface area contributed by atoms with Gasteiger partial charge in [-0.3, -0.25) is 9.59 Å². The summed E-state index contributed by atoms with van der Waals surface area (Å²) in [5.74, 6) is -0.945. The number of rotatable bonds is 2. The van der Waals surface area contributed by atoms with E-state index < -0.39 is 11.6 Å².